The molecule has 0 radical (unpaired) electrons. The number of fused-ring (bicyclic) bond motifs is 1. The number of hydrogen-bond donors (Lipinski definition) is 1. The highest BCUT2D eigenvalue weighted by atomic mass is 16.5. The van der Waals surface area contributed by atoms with E-state index in [1.54, 1.807) is 0 Å². The molecule has 3 rings (SSSR count). The zero-order valence-electron chi connectivity index (χ0n) is 20.6. The maximum Gasteiger partial charge on any atom is 0.261 e. The average molecular weight is 451 g/mol. The second-order valence-electron chi connectivity index (χ2n) is 9.76. The number of benzene rings is 2. The maximum absolute atomic E-state index is 13.2. The second kappa shape index (κ2) is 11.4. The van der Waals surface area contributed by atoms with Gasteiger partial charge in [-0.15, -0.1) is 0 Å². The fourth-order valence-corrected chi connectivity index (χ4v) is 4.30. The lowest BCUT2D eigenvalue weighted by atomic mass is 9.87. The third-order valence-corrected chi connectivity index (χ3v) is 5.99. The normalized spacial score (nSPS) is 16.5. The maximum atomic E-state index is 13.2. The Morgan fingerprint density at radius 2 is 1.79 bits per heavy atom. The molecule has 0 bridgehead atoms. The minimum atomic E-state index is -0.542. The van der Waals surface area contributed by atoms with Gasteiger partial charge in [0.1, 0.15) is 5.75 Å². The van der Waals surface area contributed by atoms with Crippen molar-refractivity contribution >= 4 is 11.8 Å². The van der Waals surface area contributed by atoms with E-state index in [4.69, 9.17) is 4.74 Å². The minimum Gasteiger partial charge on any atom is -0.481 e. The number of ether oxygens (including phenoxy) is 1. The highest BCUT2D eigenvalue weighted by Crippen LogP contribution is 2.38. The molecule has 2 unspecified atom stereocenters. The summed E-state index contributed by atoms with van der Waals surface area (Å²) in [5.74, 6) is 1.45. The Balaban J connectivity index is 1.91. The second-order valence-corrected chi connectivity index (χ2v) is 9.76. The van der Waals surface area contributed by atoms with Gasteiger partial charge in [-0.3, -0.25) is 9.59 Å². The molecule has 33 heavy (non-hydrogen) atoms. The third kappa shape index (κ3) is 6.37. The number of rotatable bonds is 9. The number of carbonyl (C=O) groups is 2. The quantitative estimate of drug-likeness (QED) is 0.576. The molecule has 1 aliphatic rings. The van der Waals surface area contributed by atoms with E-state index in [9.17, 15) is 9.59 Å². The summed E-state index contributed by atoms with van der Waals surface area (Å²) in [6.45, 7) is 11.6. The van der Waals surface area contributed by atoms with Gasteiger partial charge in [0.2, 0.25) is 5.91 Å². The van der Waals surface area contributed by atoms with E-state index in [1.807, 2.05) is 42.2 Å². The lowest BCUT2D eigenvalue weighted by molar-refractivity contribution is -0.134. The predicted molar refractivity (Wildman–Crippen MR) is 132 cm³/mol. The van der Waals surface area contributed by atoms with Gasteiger partial charge in [0, 0.05) is 19.5 Å². The van der Waals surface area contributed by atoms with Crippen LogP contribution >= 0.6 is 0 Å². The molecule has 2 aromatic carbocycles. The van der Waals surface area contributed by atoms with Crippen molar-refractivity contribution < 1.29 is 14.3 Å². The summed E-state index contributed by atoms with van der Waals surface area (Å²) < 4.78 is 6.15. The van der Waals surface area contributed by atoms with E-state index >= 15 is 0 Å². The Kier molecular flexibility index (Phi) is 8.54. The van der Waals surface area contributed by atoms with Gasteiger partial charge in [-0.2, -0.15) is 0 Å². The van der Waals surface area contributed by atoms with Gasteiger partial charge < -0.3 is 15.0 Å². The molecule has 0 fully saturated rings. The van der Waals surface area contributed by atoms with Crippen molar-refractivity contribution in [3.8, 4) is 5.75 Å². The van der Waals surface area contributed by atoms with Gasteiger partial charge >= 0.3 is 0 Å². The molecule has 0 aliphatic carbocycles. The van der Waals surface area contributed by atoms with E-state index in [1.165, 1.54) is 5.56 Å². The first-order valence-corrected chi connectivity index (χ1v) is 12.2. The largest absolute Gasteiger partial charge is 0.481 e. The standard InChI is InChI=1S/C28H38N2O3/c1-6-25(28(32)29-18-20(4)5)33-23-13-12-21-14-15-30(26(31)16-19(2)3)27(24(21)17-23)22-10-8-7-9-11-22/h7-13,17,19-20,25,27H,6,14-16,18H2,1-5H3,(H,29,32). The van der Waals surface area contributed by atoms with Crippen LogP contribution in [0.1, 0.15) is 70.2 Å². The summed E-state index contributed by atoms with van der Waals surface area (Å²) in [5, 5.41) is 2.97. The molecule has 0 saturated heterocycles. The Morgan fingerprint density at radius 1 is 1.06 bits per heavy atom. The summed E-state index contributed by atoms with van der Waals surface area (Å²) >= 11 is 0. The van der Waals surface area contributed by atoms with Crippen LogP contribution in [0.4, 0.5) is 0 Å². The molecule has 1 aliphatic heterocycles. The average Bonchev–Trinajstić information content (AvgIpc) is 2.80. The summed E-state index contributed by atoms with van der Waals surface area (Å²) in [6.07, 6.45) is 1.39. The summed E-state index contributed by atoms with van der Waals surface area (Å²) in [6, 6.07) is 16.1. The van der Waals surface area contributed by atoms with Crippen LogP contribution in [-0.2, 0) is 16.0 Å². The third-order valence-electron chi connectivity index (χ3n) is 5.99. The summed E-state index contributed by atoms with van der Waals surface area (Å²) in [5.41, 5.74) is 3.40. The van der Waals surface area contributed by atoms with Crippen molar-refractivity contribution in [2.24, 2.45) is 11.8 Å². The van der Waals surface area contributed by atoms with Crippen LogP contribution in [0.2, 0.25) is 0 Å². The zero-order valence-corrected chi connectivity index (χ0v) is 20.6. The molecule has 0 spiro atoms. The van der Waals surface area contributed by atoms with E-state index in [0.717, 1.165) is 17.5 Å². The van der Waals surface area contributed by atoms with Gasteiger partial charge in [0.05, 0.1) is 6.04 Å². The van der Waals surface area contributed by atoms with Gasteiger partial charge in [0.15, 0.2) is 6.10 Å². The topological polar surface area (TPSA) is 58.6 Å². The number of carbonyl (C=O) groups excluding carboxylic acids is 2. The minimum absolute atomic E-state index is 0.0859. The van der Waals surface area contributed by atoms with Crippen molar-refractivity contribution in [3.05, 3.63) is 65.2 Å². The molecule has 178 valence electrons. The zero-order chi connectivity index (χ0) is 24.0. The van der Waals surface area contributed by atoms with E-state index < -0.39 is 6.10 Å². The molecule has 0 saturated carbocycles. The van der Waals surface area contributed by atoms with E-state index in [-0.39, 0.29) is 17.9 Å². The number of nitrogens with zero attached hydrogens (tertiary/aromatic N) is 1. The molecule has 5 heteroatoms. The van der Waals surface area contributed by atoms with E-state index in [2.05, 4.69) is 51.2 Å². The smallest absolute Gasteiger partial charge is 0.261 e. The van der Waals surface area contributed by atoms with Crippen LogP contribution < -0.4 is 10.1 Å². The molecule has 2 atom stereocenters. The first kappa shape index (κ1) is 24.8. The van der Waals surface area contributed by atoms with Gasteiger partial charge in [-0.25, -0.2) is 0 Å². The van der Waals surface area contributed by atoms with Gasteiger partial charge in [-0.05, 0) is 53.5 Å². The van der Waals surface area contributed by atoms with Crippen LogP contribution in [0.5, 0.6) is 5.75 Å². The van der Waals surface area contributed by atoms with Gasteiger partial charge in [-0.1, -0.05) is 71.0 Å². The van der Waals surface area contributed by atoms with Crippen molar-refractivity contribution in [2.45, 2.75) is 66.0 Å². The van der Waals surface area contributed by atoms with Crippen molar-refractivity contribution in [1.29, 1.82) is 0 Å². The number of hydrogen-bond acceptors (Lipinski definition) is 3. The molecule has 2 amide bonds. The highest BCUT2D eigenvalue weighted by molar-refractivity contribution is 5.81. The molecule has 5 nitrogen and oxygen atoms in total. The molecular formula is C28H38N2O3. The van der Waals surface area contributed by atoms with Crippen LogP contribution in [0.3, 0.4) is 0 Å². The fraction of sp³-hybridized carbons (Fsp3) is 0.500. The predicted octanol–water partition coefficient (Wildman–Crippen LogP) is 5.14. The Labute approximate surface area is 198 Å². The Morgan fingerprint density at radius 3 is 2.42 bits per heavy atom. The van der Waals surface area contributed by atoms with Crippen LogP contribution in [0, 0.1) is 11.8 Å². The van der Waals surface area contributed by atoms with Crippen molar-refractivity contribution in [2.75, 3.05) is 13.1 Å². The summed E-state index contributed by atoms with van der Waals surface area (Å²) in [7, 11) is 0. The molecular weight excluding hydrogens is 412 g/mol. The lowest BCUT2D eigenvalue weighted by Gasteiger charge is -2.38. The Hall–Kier alpha value is -2.82. The first-order chi connectivity index (χ1) is 15.8. The fourth-order valence-electron chi connectivity index (χ4n) is 4.30. The summed E-state index contributed by atoms with van der Waals surface area (Å²) in [4.78, 5) is 27.8. The van der Waals surface area contributed by atoms with Crippen molar-refractivity contribution in [3.63, 3.8) is 0 Å². The van der Waals surface area contributed by atoms with Crippen LogP contribution in [0.15, 0.2) is 48.5 Å². The van der Waals surface area contributed by atoms with E-state index in [0.29, 0.717) is 43.5 Å². The van der Waals surface area contributed by atoms with Gasteiger partial charge in [0.25, 0.3) is 5.91 Å². The SMILES string of the molecule is CCC(Oc1ccc2c(c1)C(c1ccccc1)N(C(=O)CC(C)C)CC2)C(=O)NCC(C)C. The van der Waals surface area contributed by atoms with Crippen LogP contribution in [-0.4, -0.2) is 35.9 Å². The number of nitrogens with one attached hydrogen (secondary N) is 1. The molecule has 1 heterocycles. The molecule has 0 aromatic heterocycles. The molecule has 2 aromatic rings. The lowest BCUT2D eigenvalue weighted by Crippen LogP contribution is -2.41. The highest BCUT2D eigenvalue weighted by Gasteiger charge is 2.32. The Bertz CT molecular complexity index is 939. The number of amides is 2. The first-order valence-electron chi connectivity index (χ1n) is 12.2. The monoisotopic (exact) mass is 450 g/mol. The van der Waals surface area contributed by atoms with Crippen molar-refractivity contribution in [1.82, 2.24) is 10.2 Å². The van der Waals surface area contributed by atoms with Crippen LogP contribution in [0.25, 0.3) is 0 Å². The molecule has 1 N–H and O–H groups in total.